The maximum Gasteiger partial charge on any atom is 0.272 e. The number of aromatic amines is 1. The number of likely N-dealkylation sites (N-methyl/N-ethyl adjacent to an activating group) is 1. The highest BCUT2D eigenvalue weighted by Gasteiger charge is 2.20. The van der Waals surface area contributed by atoms with Gasteiger partial charge in [-0.2, -0.15) is 5.10 Å². The maximum absolute atomic E-state index is 12.4. The van der Waals surface area contributed by atoms with Crippen LogP contribution in [0.25, 0.3) is 10.8 Å². The third kappa shape index (κ3) is 3.96. The topological polar surface area (TPSA) is 78.1 Å². The number of hydrogen-bond acceptors (Lipinski definition) is 4. The van der Waals surface area contributed by atoms with Gasteiger partial charge in [0.1, 0.15) is 0 Å². The molecule has 1 amide bonds. The zero-order valence-corrected chi connectivity index (χ0v) is 13.9. The minimum atomic E-state index is -0.423. The fourth-order valence-corrected chi connectivity index (χ4v) is 2.62. The van der Waals surface area contributed by atoms with E-state index in [-0.39, 0.29) is 11.5 Å². The van der Waals surface area contributed by atoms with Gasteiger partial charge in [-0.3, -0.25) is 9.59 Å². The zero-order valence-electron chi connectivity index (χ0n) is 13.9. The SMILES string of the molecule is CCN(CC)CCNC(=O)[C@@H](C)c1n[nH]c(=O)c2ccccc12. The highest BCUT2D eigenvalue weighted by molar-refractivity contribution is 5.90. The Kier molecular flexibility index (Phi) is 5.87. The average molecular weight is 316 g/mol. The van der Waals surface area contributed by atoms with E-state index in [2.05, 4.69) is 34.3 Å². The van der Waals surface area contributed by atoms with Crippen LogP contribution in [0.4, 0.5) is 0 Å². The number of nitrogens with zero attached hydrogens (tertiary/aromatic N) is 2. The van der Waals surface area contributed by atoms with Gasteiger partial charge in [-0.25, -0.2) is 5.10 Å². The summed E-state index contributed by atoms with van der Waals surface area (Å²) in [6.45, 7) is 9.37. The Morgan fingerprint density at radius 1 is 1.26 bits per heavy atom. The number of aromatic nitrogens is 2. The van der Waals surface area contributed by atoms with Crippen molar-refractivity contribution in [3.8, 4) is 0 Å². The molecule has 2 rings (SSSR count). The molecule has 6 heteroatoms. The summed E-state index contributed by atoms with van der Waals surface area (Å²) in [5.74, 6) is -0.504. The largest absolute Gasteiger partial charge is 0.354 e. The molecule has 0 unspecified atom stereocenters. The molecular weight excluding hydrogens is 292 g/mol. The number of carbonyl (C=O) groups is 1. The van der Waals surface area contributed by atoms with Gasteiger partial charge in [0.05, 0.1) is 17.0 Å². The summed E-state index contributed by atoms with van der Waals surface area (Å²) in [5.41, 5.74) is 0.360. The number of fused-ring (bicyclic) bond motifs is 1. The molecule has 1 aromatic carbocycles. The number of amides is 1. The van der Waals surface area contributed by atoms with Crippen molar-refractivity contribution in [1.29, 1.82) is 0 Å². The molecule has 0 saturated heterocycles. The van der Waals surface area contributed by atoms with Crippen LogP contribution in [0.1, 0.15) is 32.4 Å². The summed E-state index contributed by atoms with van der Waals surface area (Å²) in [7, 11) is 0. The highest BCUT2D eigenvalue weighted by Crippen LogP contribution is 2.20. The summed E-state index contributed by atoms with van der Waals surface area (Å²) >= 11 is 0. The summed E-state index contributed by atoms with van der Waals surface area (Å²) in [6.07, 6.45) is 0. The number of nitrogens with one attached hydrogen (secondary N) is 2. The molecule has 2 aromatic rings. The first-order chi connectivity index (χ1) is 11.1. The van der Waals surface area contributed by atoms with Gasteiger partial charge in [0.15, 0.2) is 0 Å². The van der Waals surface area contributed by atoms with Gasteiger partial charge in [-0.05, 0) is 26.1 Å². The molecule has 0 saturated carbocycles. The highest BCUT2D eigenvalue weighted by atomic mass is 16.2. The van der Waals surface area contributed by atoms with E-state index in [1.54, 1.807) is 19.1 Å². The molecule has 1 atom stereocenters. The van der Waals surface area contributed by atoms with Crippen molar-refractivity contribution in [3.05, 3.63) is 40.3 Å². The molecule has 124 valence electrons. The smallest absolute Gasteiger partial charge is 0.272 e. The third-order valence-corrected chi connectivity index (χ3v) is 4.15. The Morgan fingerprint density at radius 2 is 1.91 bits per heavy atom. The van der Waals surface area contributed by atoms with Gasteiger partial charge < -0.3 is 10.2 Å². The Bertz CT molecular complexity index is 722. The van der Waals surface area contributed by atoms with Crippen LogP contribution in [0.3, 0.4) is 0 Å². The number of rotatable bonds is 7. The fraction of sp³-hybridized carbons (Fsp3) is 0.471. The van der Waals surface area contributed by atoms with Crippen LogP contribution >= 0.6 is 0 Å². The van der Waals surface area contributed by atoms with E-state index in [4.69, 9.17) is 0 Å². The zero-order chi connectivity index (χ0) is 16.8. The molecule has 0 fully saturated rings. The predicted molar refractivity (Wildman–Crippen MR) is 91.6 cm³/mol. The molecule has 0 aliphatic carbocycles. The van der Waals surface area contributed by atoms with Crippen LogP contribution < -0.4 is 10.9 Å². The van der Waals surface area contributed by atoms with Crippen LogP contribution in [-0.2, 0) is 4.79 Å². The van der Waals surface area contributed by atoms with Crippen molar-refractivity contribution in [1.82, 2.24) is 20.4 Å². The normalized spacial score (nSPS) is 12.5. The van der Waals surface area contributed by atoms with E-state index in [9.17, 15) is 9.59 Å². The average Bonchev–Trinajstić information content (AvgIpc) is 2.58. The molecule has 0 radical (unpaired) electrons. The molecule has 0 aliphatic rings. The Morgan fingerprint density at radius 3 is 2.57 bits per heavy atom. The second kappa shape index (κ2) is 7.87. The van der Waals surface area contributed by atoms with E-state index in [1.165, 1.54) is 0 Å². The van der Waals surface area contributed by atoms with Gasteiger partial charge in [-0.1, -0.05) is 32.0 Å². The lowest BCUT2D eigenvalue weighted by atomic mass is 10.0. The molecule has 1 aromatic heterocycles. The summed E-state index contributed by atoms with van der Waals surface area (Å²) in [4.78, 5) is 26.4. The van der Waals surface area contributed by atoms with Crippen LogP contribution in [0.5, 0.6) is 0 Å². The number of benzene rings is 1. The van der Waals surface area contributed by atoms with E-state index in [0.717, 1.165) is 25.0 Å². The van der Waals surface area contributed by atoms with E-state index >= 15 is 0 Å². The Hall–Kier alpha value is -2.21. The lowest BCUT2D eigenvalue weighted by molar-refractivity contribution is -0.122. The van der Waals surface area contributed by atoms with Gasteiger partial charge in [0, 0.05) is 18.5 Å². The van der Waals surface area contributed by atoms with Gasteiger partial charge >= 0.3 is 0 Å². The molecular formula is C17H24N4O2. The summed E-state index contributed by atoms with van der Waals surface area (Å²) < 4.78 is 0. The van der Waals surface area contributed by atoms with Crippen LogP contribution in [0, 0.1) is 0 Å². The summed E-state index contributed by atoms with van der Waals surface area (Å²) in [5, 5.41) is 10.8. The standard InChI is InChI=1S/C17H24N4O2/c1-4-21(5-2)11-10-18-16(22)12(3)15-13-8-6-7-9-14(13)17(23)20-19-15/h6-9,12H,4-5,10-11H2,1-3H3,(H,18,22)(H,20,23)/t12-/m0/s1. The van der Waals surface area contributed by atoms with Crippen molar-refractivity contribution < 1.29 is 4.79 Å². The molecule has 0 aliphatic heterocycles. The van der Waals surface area contributed by atoms with Gasteiger partial charge in [0.2, 0.25) is 5.91 Å². The molecule has 1 heterocycles. The van der Waals surface area contributed by atoms with Crippen molar-refractivity contribution >= 4 is 16.7 Å². The Balaban J connectivity index is 2.11. The second-order valence-electron chi connectivity index (χ2n) is 5.52. The minimum absolute atomic E-state index is 0.0816. The first-order valence-corrected chi connectivity index (χ1v) is 8.05. The quantitative estimate of drug-likeness (QED) is 0.811. The van der Waals surface area contributed by atoms with E-state index in [1.807, 2.05) is 12.1 Å². The molecule has 0 spiro atoms. The van der Waals surface area contributed by atoms with E-state index in [0.29, 0.717) is 17.6 Å². The molecule has 23 heavy (non-hydrogen) atoms. The fourth-order valence-electron chi connectivity index (χ4n) is 2.62. The predicted octanol–water partition coefficient (Wildman–Crippen LogP) is 1.48. The second-order valence-corrected chi connectivity index (χ2v) is 5.52. The van der Waals surface area contributed by atoms with Gasteiger partial charge in [0.25, 0.3) is 5.56 Å². The number of hydrogen-bond donors (Lipinski definition) is 2. The van der Waals surface area contributed by atoms with Crippen molar-refractivity contribution in [2.75, 3.05) is 26.2 Å². The van der Waals surface area contributed by atoms with Crippen molar-refractivity contribution in [3.63, 3.8) is 0 Å². The number of H-pyrrole nitrogens is 1. The van der Waals surface area contributed by atoms with Crippen LogP contribution in [0.15, 0.2) is 29.1 Å². The third-order valence-electron chi connectivity index (χ3n) is 4.15. The Labute approximate surface area is 135 Å². The minimum Gasteiger partial charge on any atom is -0.354 e. The van der Waals surface area contributed by atoms with Crippen molar-refractivity contribution in [2.45, 2.75) is 26.7 Å². The maximum atomic E-state index is 12.4. The molecule has 0 bridgehead atoms. The van der Waals surface area contributed by atoms with Gasteiger partial charge in [-0.15, -0.1) is 0 Å². The first-order valence-electron chi connectivity index (χ1n) is 8.05. The lowest BCUT2D eigenvalue weighted by Gasteiger charge is -2.19. The van der Waals surface area contributed by atoms with E-state index < -0.39 is 5.92 Å². The first kappa shape index (κ1) is 17.1. The van der Waals surface area contributed by atoms with Crippen molar-refractivity contribution in [2.24, 2.45) is 0 Å². The lowest BCUT2D eigenvalue weighted by Crippen LogP contribution is -2.36. The summed E-state index contributed by atoms with van der Waals surface area (Å²) in [6, 6.07) is 7.21. The number of carbonyl (C=O) groups excluding carboxylic acids is 1. The van der Waals surface area contributed by atoms with Crippen LogP contribution in [-0.4, -0.2) is 47.2 Å². The monoisotopic (exact) mass is 316 g/mol. The van der Waals surface area contributed by atoms with Crippen LogP contribution in [0.2, 0.25) is 0 Å². The molecule has 2 N–H and O–H groups in total. The molecule has 6 nitrogen and oxygen atoms in total.